The Balaban J connectivity index is 3.05. The molecule has 18 heavy (non-hydrogen) atoms. The maximum Gasteiger partial charge on any atom is 0.243 e. The minimum Gasteiger partial charge on any atom is -0.396 e. The molecule has 1 aromatic rings. The van der Waals surface area contributed by atoms with Crippen molar-refractivity contribution in [3.63, 3.8) is 0 Å². The lowest BCUT2D eigenvalue weighted by molar-refractivity contribution is 0.233. The maximum atomic E-state index is 12.3. The van der Waals surface area contributed by atoms with Gasteiger partial charge in [0.25, 0.3) is 0 Å². The minimum atomic E-state index is -3.59. The molecule has 1 rings (SSSR count). The second-order valence-corrected chi connectivity index (χ2v) is 9.58. The predicted molar refractivity (Wildman–Crippen MR) is 80.4 cm³/mol. The third kappa shape index (κ3) is 4.01. The van der Waals surface area contributed by atoms with E-state index in [0.29, 0.717) is 16.6 Å². The average Bonchev–Trinajstić information content (AvgIpc) is 2.58. The lowest BCUT2D eigenvalue weighted by Crippen LogP contribution is -2.46. The highest BCUT2D eigenvalue weighted by Crippen LogP contribution is 2.35. The van der Waals surface area contributed by atoms with E-state index in [-0.39, 0.29) is 11.5 Å². The maximum absolute atomic E-state index is 12.3. The number of aliphatic hydroxyl groups is 1. The number of halogens is 2. The molecular formula is C10H15Br2NO3S2. The summed E-state index contributed by atoms with van der Waals surface area (Å²) in [4.78, 5) is 0.219. The van der Waals surface area contributed by atoms with Gasteiger partial charge < -0.3 is 5.11 Å². The summed E-state index contributed by atoms with van der Waals surface area (Å²) in [6.07, 6.45) is 0.987. The van der Waals surface area contributed by atoms with Crippen molar-refractivity contribution in [2.75, 3.05) is 6.61 Å². The van der Waals surface area contributed by atoms with Crippen LogP contribution in [0.5, 0.6) is 0 Å². The zero-order valence-corrected chi connectivity index (χ0v) is 14.8. The zero-order chi connectivity index (χ0) is 14.0. The van der Waals surface area contributed by atoms with Crippen LogP contribution >= 0.6 is 43.2 Å². The van der Waals surface area contributed by atoms with E-state index in [1.165, 1.54) is 11.3 Å². The first-order chi connectivity index (χ1) is 8.24. The molecule has 0 amide bonds. The van der Waals surface area contributed by atoms with Crippen molar-refractivity contribution in [2.24, 2.45) is 0 Å². The van der Waals surface area contributed by atoms with Crippen LogP contribution in [0, 0.1) is 0 Å². The second-order valence-electron chi connectivity index (χ2n) is 4.18. The van der Waals surface area contributed by atoms with E-state index in [0.717, 1.165) is 3.79 Å². The number of rotatable bonds is 6. The SMILES string of the molecule is CCC(C)(CCO)NS(=O)(=O)c1cc(Br)sc1Br. The van der Waals surface area contributed by atoms with Gasteiger partial charge in [0.15, 0.2) is 0 Å². The molecule has 0 spiro atoms. The molecule has 1 heterocycles. The van der Waals surface area contributed by atoms with Gasteiger partial charge in [-0.3, -0.25) is 0 Å². The largest absolute Gasteiger partial charge is 0.396 e. The van der Waals surface area contributed by atoms with Crippen molar-refractivity contribution in [1.29, 1.82) is 0 Å². The third-order valence-corrected chi connectivity index (χ3v) is 7.13. The highest BCUT2D eigenvalue weighted by Gasteiger charge is 2.30. The molecule has 0 aliphatic rings. The molecule has 0 aliphatic carbocycles. The van der Waals surface area contributed by atoms with Gasteiger partial charge in [-0.25, -0.2) is 13.1 Å². The Hall–Kier alpha value is 0.530. The Morgan fingerprint density at radius 1 is 1.50 bits per heavy atom. The fourth-order valence-corrected chi connectivity index (χ4v) is 6.75. The molecular weight excluding hydrogens is 406 g/mol. The summed E-state index contributed by atoms with van der Waals surface area (Å²) >= 11 is 7.81. The molecule has 1 unspecified atom stereocenters. The molecule has 0 aromatic carbocycles. The van der Waals surface area contributed by atoms with E-state index in [4.69, 9.17) is 5.11 Å². The monoisotopic (exact) mass is 419 g/mol. The molecule has 0 aliphatic heterocycles. The molecule has 0 bridgehead atoms. The first kappa shape index (κ1) is 16.6. The van der Waals surface area contributed by atoms with Gasteiger partial charge in [0.1, 0.15) is 4.90 Å². The lowest BCUT2D eigenvalue weighted by atomic mass is 9.97. The normalized spacial score (nSPS) is 15.6. The van der Waals surface area contributed by atoms with Crippen molar-refractivity contribution in [1.82, 2.24) is 4.72 Å². The van der Waals surface area contributed by atoms with Crippen LogP contribution in [0.25, 0.3) is 0 Å². The molecule has 0 saturated carbocycles. The second kappa shape index (κ2) is 6.32. The van der Waals surface area contributed by atoms with E-state index >= 15 is 0 Å². The van der Waals surface area contributed by atoms with Crippen LogP contribution in [-0.4, -0.2) is 25.7 Å². The average molecular weight is 421 g/mol. The Morgan fingerprint density at radius 2 is 2.11 bits per heavy atom. The van der Waals surface area contributed by atoms with Crippen LogP contribution in [0.15, 0.2) is 18.5 Å². The summed E-state index contributed by atoms with van der Waals surface area (Å²) in [5.41, 5.74) is -0.637. The predicted octanol–water partition coefficient (Wildman–Crippen LogP) is 3.10. The van der Waals surface area contributed by atoms with Gasteiger partial charge in [-0.1, -0.05) is 6.92 Å². The van der Waals surface area contributed by atoms with E-state index in [1.54, 1.807) is 13.0 Å². The van der Waals surface area contributed by atoms with Crippen molar-refractivity contribution < 1.29 is 13.5 Å². The number of sulfonamides is 1. The summed E-state index contributed by atoms with van der Waals surface area (Å²) in [5.74, 6) is 0. The number of thiophene rings is 1. The summed E-state index contributed by atoms with van der Waals surface area (Å²) in [7, 11) is -3.59. The molecule has 4 nitrogen and oxygen atoms in total. The molecule has 0 radical (unpaired) electrons. The van der Waals surface area contributed by atoms with Crippen LogP contribution in [0.1, 0.15) is 26.7 Å². The van der Waals surface area contributed by atoms with Gasteiger partial charge >= 0.3 is 0 Å². The van der Waals surface area contributed by atoms with Crippen molar-refractivity contribution in [3.05, 3.63) is 13.6 Å². The van der Waals surface area contributed by atoms with E-state index in [2.05, 4.69) is 36.6 Å². The lowest BCUT2D eigenvalue weighted by Gasteiger charge is -2.28. The minimum absolute atomic E-state index is 0.0542. The summed E-state index contributed by atoms with van der Waals surface area (Å²) in [5, 5.41) is 9.01. The van der Waals surface area contributed by atoms with Crippen molar-refractivity contribution in [2.45, 2.75) is 37.1 Å². The Labute approximate surface area is 128 Å². The van der Waals surface area contributed by atoms with Crippen LogP contribution in [0.4, 0.5) is 0 Å². The molecule has 1 aromatic heterocycles. The van der Waals surface area contributed by atoms with Gasteiger partial charge in [-0.2, -0.15) is 0 Å². The number of hydrogen-bond acceptors (Lipinski definition) is 4. The highest BCUT2D eigenvalue weighted by molar-refractivity contribution is 9.12. The Kier molecular flexibility index (Phi) is 5.82. The van der Waals surface area contributed by atoms with E-state index in [1.807, 2.05) is 6.92 Å². The topological polar surface area (TPSA) is 66.4 Å². The molecule has 1 atom stereocenters. The van der Waals surface area contributed by atoms with Gasteiger partial charge in [-0.15, -0.1) is 11.3 Å². The van der Waals surface area contributed by atoms with Crippen LogP contribution < -0.4 is 4.72 Å². The van der Waals surface area contributed by atoms with Gasteiger partial charge in [0, 0.05) is 12.1 Å². The van der Waals surface area contributed by atoms with Gasteiger partial charge in [-0.05, 0) is 57.7 Å². The van der Waals surface area contributed by atoms with Crippen LogP contribution in [-0.2, 0) is 10.0 Å². The molecule has 0 saturated heterocycles. The quantitative estimate of drug-likeness (QED) is 0.742. The molecule has 104 valence electrons. The Morgan fingerprint density at radius 3 is 2.50 bits per heavy atom. The standard InChI is InChI=1S/C10H15Br2NO3S2/c1-3-10(2,4-5-14)13-18(15,16)7-6-8(11)17-9(7)12/h6,13-14H,3-5H2,1-2H3. The third-order valence-electron chi connectivity index (χ3n) is 2.74. The fraction of sp³-hybridized carbons (Fsp3) is 0.600. The molecule has 2 N–H and O–H groups in total. The molecule has 0 fully saturated rings. The first-order valence-electron chi connectivity index (χ1n) is 5.34. The first-order valence-corrected chi connectivity index (χ1v) is 9.22. The van der Waals surface area contributed by atoms with Crippen LogP contribution in [0.2, 0.25) is 0 Å². The van der Waals surface area contributed by atoms with Gasteiger partial charge in [0.05, 0.1) is 7.57 Å². The number of aliphatic hydroxyl groups excluding tert-OH is 1. The summed E-state index contributed by atoms with van der Waals surface area (Å²) in [6.45, 7) is 3.62. The van der Waals surface area contributed by atoms with Gasteiger partial charge in [0.2, 0.25) is 10.0 Å². The molecule has 8 heteroatoms. The summed E-state index contributed by atoms with van der Waals surface area (Å²) < 4.78 is 28.5. The van der Waals surface area contributed by atoms with Crippen molar-refractivity contribution in [3.8, 4) is 0 Å². The number of nitrogens with one attached hydrogen (secondary N) is 1. The van der Waals surface area contributed by atoms with E-state index in [9.17, 15) is 8.42 Å². The van der Waals surface area contributed by atoms with Crippen LogP contribution in [0.3, 0.4) is 0 Å². The van der Waals surface area contributed by atoms with E-state index < -0.39 is 15.6 Å². The summed E-state index contributed by atoms with van der Waals surface area (Å²) in [6, 6.07) is 1.56. The zero-order valence-electron chi connectivity index (χ0n) is 10.0. The Bertz CT molecular complexity index is 515. The fourth-order valence-electron chi connectivity index (χ4n) is 1.43. The smallest absolute Gasteiger partial charge is 0.243 e. The number of hydrogen-bond donors (Lipinski definition) is 2. The van der Waals surface area contributed by atoms with Crippen molar-refractivity contribution >= 4 is 53.2 Å². The highest BCUT2D eigenvalue weighted by atomic mass is 79.9.